The van der Waals surface area contributed by atoms with E-state index in [4.69, 9.17) is 4.74 Å². The van der Waals surface area contributed by atoms with Crippen molar-refractivity contribution in [2.45, 2.75) is 12.7 Å². The van der Waals surface area contributed by atoms with Crippen LogP contribution in [0.15, 0.2) is 36.4 Å². The zero-order valence-corrected chi connectivity index (χ0v) is 10.9. The zero-order chi connectivity index (χ0) is 12.3. The molecular formula is C14H15NOS. The highest BCUT2D eigenvalue weighted by Gasteiger charge is 2.03. The van der Waals surface area contributed by atoms with E-state index in [2.05, 4.69) is 23.7 Å². The number of aryl methyl sites for hydroxylation is 1. The van der Waals surface area contributed by atoms with E-state index < -0.39 is 0 Å². The topological polar surface area (TPSA) is 22.1 Å². The molecule has 1 aromatic carbocycles. The van der Waals surface area contributed by atoms with Crippen LogP contribution >= 0.6 is 12.6 Å². The third kappa shape index (κ3) is 2.61. The molecule has 2 nitrogen and oxygen atoms in total. The summed E-state index contributed by atoms with van der Waals surface area (Å²) in [5.74, 6) is 1.58. The van der Waals surface area contributed by atoms with E-state index >= 15 is 0 Å². The second-order valence-electron chi connectivity index (χ2n) is 3.83. The van der Waals surface area contributed by atoms with Crippen LogP contribution in [0.1, 0.15) is 11.3 Å². The predicted octanol–water partition coefficient (Wildman–Crippen LogP) is 3.50. The van der Waals surface area contributed by atoms with E-state index in [9.17, 15) is 0 Å². The molecule has 0 aliphatic heterocycles. The summed E-state index contributed by atoms with van der Waals surface area (Å²) in [4.78, 5) is 4.58. The van der Waals surface area contributed by atoms with Gasteiger partial charge < -0.3 is 4.74 Å². The molecule has 0 saturated carbocycles. The number of rotatable bonds is 3. The SMILES string of the molecule is COc1ccc(-c2ccc(CS)c(C)n2)cc1. The van der Waals surface area contributed by atoms with Gasteiger partial charge >= 0.3 is 0 Å². The minimum absolute atomic E-state index is 0.724. The molecule has 1 heterocycles. The average molecular weight is 245 g/mol. The average Bonchev–Trinajstić information content (AvgIpc) is 2.39. The molecule has 17 heavy (non-hydrogen) atoms. The molecule has 0 spiro atoms. The van der Waals surface area contributed by atoms with Gasteiger partial charge in [-0.2, -0.15) is 12.6 Å². The van der Waals surface area contributed by atoms with Crippen molar-refractivity contribution in [3.05, 3.63) is 47.7 Å². The molecule has 0 bridgehead atoms. The third-order valence-electron chi connectivity index (χ3n) is 2.75. The molecule has 2 rings (SSSR count). The van der Waals surface area contributed by atoms with Crippen LogP contribution < -0.4 is 4.74 Å². The standard InChI is InChI=1S/C14H15NOS/c1-10-12(9-17)5-8-14(15-10)11-3-6-13(16-2)7-4-11/h3-8,17H,9H2,1-2H3. The van der Waals surface area contributed by atoms with Crippen LogP contribution in [0.4, 0.5) is 0 Å². The van der Waals surface area contributed by atoms with Gasteiger partial charge in [-0.3, -0.25) is 4.98 Å². The van der Waals surface area contributed by atoms with E-state index in [0.717, 1.165) is 28.5 Å². The van der Waals surface area contributed by atoms with Crippen LogP contribution in [0.5, 0.6) is 5.75 Å². The van der Waals surface area contributed by atoms with Crippen molar-refractivity contribution in [1.82, 2.24) is 4.98 Å². The lowest BCUT2D eigenvalue weighted by Gasteiger charge is -2.06. The molecule has 0 radical (unpaired) electrons. The summed E-state index contributed by atoms with van der Waals surface area (Å²) in [7, 11) is 1.67. The maximum atomic E-state index is 5.13. The molecule has 0 unspecified atom stereocenters. The van der Waals surface area contributed by atoms with Crippen LogP contribution in [0.25, 0.3) is 11.3 Å². The van der Waals surface area contributed by atoms with E-state index in [1.165, 1.54) is 5.56 Å². The molecule has 0 aliphatic rings. The molecule has 2 aromatic rings. The lowest BCUT2D eigenvalue weighted by molar-refractivity contribution is 0.415. The third-order valence-corrected chi connectivity index (χ3v) is 3.09. The van der Waals surface area contributed by atoms with Crippen molar-refractivity contribution in [3.8, 4) is 17.0 Å². The Hall–Kier alpha value is -1.48. The molecule has 0 N–H and O–H groups in total. The lowest BCUT2D eigenvalue weighted by atomic mass is 10.1. The normalized spacial score (nSPS) is 10.3. The molecule has 0 aliphatic carbocycles. The first-order valence-corrected chi connectivity index (χ1v) is 6.09. The lowest BCUT2D eigenvalue weighted by Crippen LogP contribution is -1.92. The number of pyridine rings is 1. The zero-order valence-electron chi connectivity index (χ0n) is 9.97. The Morgan fingerprint density at radius 1 is 1.12 bits per heavy atom. The van der Waals surface area contributed by atoms with Gasteiger partial charge in [-0.15, -0.1) is 0 Å². The van der Waals surface area contributed by atoms with Gasteiger partial charge in [-0.25, -0.2) is 0 Å². The van der Waals surface area contributed by atoms with Gasteiger partial charge in [0.25, 0.3) is 0 Å². The summed E-state index contributed by atoms with van der Waals surface area (Å²) in [6, 6.07) is 12.0. The van der Waals surface area contributed by atoms with Crippen LogP contribution in [0.2, 0.25) is 0 Å². The van der Waals surface area contributed by atoms with Gasteiger partial charge in [-0.1, -0.05) is 6.07 Å². The Bertz CT molecular complexity index is 508. The smallest absolute Gasteiger partial charge is 0.118 e. The summed E-state index contributed by atoms with van der Waals surface area (Å²) < 4.78 is 5.13. The van der Waals surface area contributed by atoms with Crippen molar-refractivity contribution in [2.24, 2.45) is 0 Å². The summed E-state index contributed by atoms with van der Waals surface area (Å²) in [5.41, 5.74) is 4.29. The Morgan fingerprint density at radius 2 is 1.82 bits per heavy atom. The van der Waals surface area contributed by atoms with Gasteiger partial charge in [0.1, 0.15) is 5.75 Å². The Labute approximate surface area is 107 Å². The van der Waals surface area contributed by atoms with Crippen molar-refractivity contribution < 1.29 is 4.74 Å². The predicted molar refractivity (Wildman–Crippen MR) is 73.7 cm³/mol. The number of hydrogen-bond acceptors (Lipinski definition) is 3. The van der Waals surface area contributed by atoms with E-state index in [0.29, 0.717) is 0 Å². The van der Waals surface area contributed by atoms with Crippen LogP contribution in [-0.4, -0.2) is 12.1 Å². The monoisotopic (exact) mass is 245 g/mol. The fourth-order valence-corrected chi connectivity index (χ4v) is 2.01. The second kappa shape index (κ2) is 5.23. The summed E-state index contributed by atoms with van der Waals surface area (Å²) >= 11 is 4.27. The maximum Gasteiger partial charge on any atom is 0.118 e. The summed E-state index contributed by atoms with van der Waals surface area (Å²) in [5, 5.41) is 0. The van der Waals surface area contributed by atoms with Crippen molar-refractivity contribution in [3.63, 3.8) is 0 Å². The number of aromatic nitrogens is 1. The number of hydrogen-bond donors (Lipinski definition) is 1. The molecule has 0 amide bonds. The van der Waals surface area contributed by atoms with E-state index in [-0.39, 0.29) is 0 Å². The Morgan fingerprint density at radius 3 is 2.35 bits per heavy atom. The summed E-state index contributed by atoms with van der Waals surface area (Å²) in [6.45, 7) is 2.01. The highest BCUT2D eigenvalue weighted by molar-refractivity contribution is 7.79. The number of nitrogens with zero attached hydrogens (tertiary/aromatic N) is 1. The molecule has 1 aromatic heterocycles. The maximum absolute atomic E-state index is 5.13. The highest BCUT2D eigenvalue weighted by Crippen LogP contribution is 2.22. The van der Waals surface area contributed by atoms with Crippen LogP contribution in [-0.2, 0) is 5.75 Å². The van der Waals surface area contributed by atoms with Crippen LogP contribution in [0.3, 0.4) is 0 Å². The molecular weight excluding hydrogens is 230 g/mol. The van der Waals surface area contributed by atoms with Gasteiger partial charge in [0.05, 0.1) is 12.8 Å². The first-order chi connectivity index (χ1) is 8.24. The molecule has 0 atom stereocenters. The molecule has 0 saturated heterocycles. The minimum Gasteiger partial charge on any atom is -0.497 e. The summed E-state index contributed by atoms with van der Waals surface area (Å²) in [6.07, 6.45) is 0. The number of ether oxygens (including phenoxy) is 1. The fraction of sp³-hybridized carbons (Fsp3) is 0.214. The van der Waals surface area contributed by atoms with Gasteiger partial charge in [0, 0.05) is 17.0 Å². The Kier molecular flexibility index (Phi) is 3.69. The van der Waals surface area contributed by atoms with Crippen molar-refractivity contribution >= 4 is 12.6 Å². The van der Waals surface area contributed by atoms with Gasteiger partial charge in [0.15, 0.2) is 0 Å². The van der Waals surface area contributed by atoms with E-state index in [1.54, 1.807) is 7.11 Å². The van der Waals surface area contributed by atoms with Gasteiger partial charge in [-0.05, 0) is 42.8 Å². The first kappa shape index (κ1) is 12.0. The quantitative estimate of drug-likeness (QED) is 0.836. The van der Waals surface area contributed by atoms with Crippen molar-refractivity contribution in [1.29, 1.82) is 0 Å². The number of benzene rings is 1. The largest absolute Gasteiger partial charge is 0.497 e. The Balaban J connectivity index is 2.35. The molecule has 88 valence electrons. The fourth-order valence-electron chi connectivity index (χ4n) is 1.68. The van der Waals surface area contributed by atoms with E-state index in [1.807, 2.05) is 37.3 Å². The van der Waals surface area contributed by atoms with Crippen LogP contribution in [0, 0.1) is 6.92 Å². The first-order valence-electron chi connectivity index (χ1n) is 5.46. The second-order valence-corrected chi connectivity index (χ2v) is 4.14. The molecule has 0 fully saturated rings. The van der Waals surface area contributed by atoms with Crippen molar-refractivity contribution in [2.75, 3.05) is 7.11 Å². The number of methoxy groups -OCH3 is 1. The number of thiol groups is 1. The highest BCUT2D eigenvalue weighted by atomic mass is 32.1. The molecule has 3 heteroatoms. The minimum atomic E-state index is 0.724. The van der Waals surface area contributed by atoms with Gasteiger partial charge in [0.2, 0.25) is 0 Å².